The molecule has 0 spiro atoms. The molecule has 18 heavy (non-hydrogen) atoms. The molecule has 3 rings (SSSR count). The van der Waals surface area contributed by atoms with Crippen molar-refractivity contribution in [3.8, 4) is 0 Å². The fourth-order valence-corrected chi connectivity index (χ4v) is 4.35. The van der Waals surface area contributed by atoms with Crippen LogP contribution in [0.2, 0.25) is 0 Å². The summed E-state index contributed by atoms with van der Waals surface area (Å²) in [6.07, 6.45) is 2.10. The van der Waals surface area contributed by atoms with Gasteiger partial charge in [0.05, 0.1) is 11.0 Å². The lowest BCUT2D eigenvalue weighted by molar-refractivity contribution is 0.552. The van der Waals surface area contributed by atoms with Crippen molar-refractivity contribution >= 4 is 57.0 Å². The molecule has 1 atom stereocenters. The number of thioether (sulfide) groups is 1. The summed E-state index contributed by atoms with van der Waals surface area (Å²) in [6.45, 7) is 0. The summed E-state index contributed by atoms with van der Waals surface area (Å²) >= 11 is 10.3. The molecule has 0 aliphatic carbocycles. The van der Waals surface area contributed by atoms with Crippen LogP contribution in [0, 0.1) is 3.57 Å². The van der Waals surface area contributed by atoms with Crippen molar-refractivity contribution in [2.24, 2.45) is 0 Å². The van der Waals surface area contributed by atoms with Crippen LogP contribution in [-0.4, -0.2) is 26.9 Å². The highest BCUT2D eigenvalue weighted by Crippen LogP contribution is 2.32. The number of benzene rings is 1. The van der Waals surface area contributed by atoms with E-state index >= 15 is 0 Å². The largest absolute Gasteiger partial charge is 0.324 e. The average molecular weight is 393 g/mol. The molecule has 1 aliphatic rings. The molecule has 0 N–H and O–H groups in total. The third-order valence-corrected chi connectivity index (χ3v) is 5.32. The Kier molecular flexibility index (Phi) is 4.06. The van der Waals surface area contributed by atoms with Gasteiger partial charge in [-0.15, -0.1) is 11.6 Å². The first kappa shape index (κ1) is 13.1. The first-order valence-electron chi connectivity index (χ1n) is 6.09. The Labute approximate surface area is 130 Å². The van der Waals surface area contributed by atoms with E-state index in [-0.39, 0.29) is 0 Å². The van der Waals surface area contributed by atoms with E-state index in [1.807, 2.05) is 11.8 Å². The van der Waals surface area contributed by atoms with Crippen LogP contribution < -0.4 is 0 Å². The van der Waals surface area contributed by atoms with Crippen LogP contribution in [0.5, 0.6) is 0 Å². The Morgan fingerprint density at radius 1 is 1.50 bits per heavy atom. The Bertz CT molecular complexity index is 563. The Morgan fingerprint density at radius 2 is 2.39 bits per heavy atom. The van der Waals surface area contributed by atoms with Crippen molar-refractivity contribution in [2.75, 3.05) is 17.4 Å². The Morgan fingerprint density at radius 3 is 3.11 bits per heavy atom. The normalized spacial score (nSPS) is 19.8. The van der Waals surface area contributed by atoms with Crippen LogP contribution in [0.15, 0.2) is 18.2 Å². The zero-order valence-corrected chi connectivity index (χ0v) is 13.6. The number of hydrogen-bond donors (Lipinski definition) is 0. The van der Waals surface area contributed by atoms with E-state index in [1.165, 1.54) is 27.0 Å². The summed E-state index contributed by atoms with van der Waals surface area (Å²) in [5.41, 5.74) is 2.38. The van der Waals surface area contributed by atoms with Crippen molar-refractivity contribution in [3.05, 3.63) is 27.6 Å². The molecule has 2 heterocycles. The summed E-state index contributed by atoms with van der Waals surface area (Å²) in [6, 6.07) is 7.11. The predicted octanol–water partition coefficient (Wildman–Crippen LogP) is 4.10. The number of halogens is 2. The molecule has 0 amide bonds. The Hall–Kier alpha value is 0.0600. The molecule has 1 aromatic carbocycles. The number of hydrogen-bond acceptors (Lipinski definition) is 2. The number of imidazole rings is 1. The highest BCUT2D eigenvalue weighted by Gasteiger charge is 2.22. The number of aromatic nitrogens is 2. The first-order chi connectivity index (χ1) is 8.79. The lowest BCUT2D eigenvalue weighted by atomic mass is 10.2. The second kappa shape index (κ2) is 5.59. The SMILES string of the molecule is ClCCc1nc2cc(I)ccc2n1C1CCSC1. The van der Waals surface area contributed by atoms with Gasteiger partial charge >= 0.3 is 0 Å². The monoisotopic (exact) mass is 392 g/mol. The van der Waals surface area contributed by atoms with Crippen molar-refractivity contribution in [1.29, 1.82) is 0 Å². The van der Waals surface area contributed by atoms with Gasteiger partial charge in [0, 0.05) is 27.7 Å². The van der Waals surface area contributed by atoms with Gasteiger partial charge in [0.2, 0.25) is 0 Å². The smallest absolute Gasteiger partial charge is 0.111 e. The van der Waals surface area contributed by atoms with Crippen molar-refractivity contribution < 1.29 is 0 Å². The molecule has 2 nitrogen and oxygen atoms in total. The quantitative estimate of drug-likeness (QED) is 0.578. The molecule has 1 aromatic heterocycles. The minimum Gasteiger partial charge on any atom is -0.324 e. The molecule has 1 unspecified atom stereocenters. The van der Waals surface area contributed by atoms with Gasteiger partial charge in [0.15, 0.2) is 0 Å². The second-order valence-corrected chi connectivity index (χ2v) is 7.26. The fourth-order valence-electron chi connectivity index (χ4n) is 2.52. The molecule has 2 aromatic rings. The van der Waals surface area contributed by atoms with E-state index < -0.39 is 0 Å². The van der Waals surface area contributed by atoms with E-state index in [4.69, 9.17) is 16.6 Å². The predicted molar refractivity (Wildman–Crippen MR) is 87.9 cm³/mol. The van der Waals surface area contributed by atoms with Gasteiger partial charge in [0.25, 0.3) is 0 Å². The zero-order valence-electron chi connectivity index (χ0n) is 9.90. The van der Waals surface area contributed by atoms with Crippen LogP contribution in [0.1, 0.15) is 18.3 Å². The molecule has 1 aliphatic heterocycles. The van der Waals surface area contributed by atoms with Crippen LogP contribution in [0.4, 0.5) is 0 Å². The topological polar surface area (TPSA) is 17.8 Å². The lowest BCUT2D eigenvalue weighted by Crippen LogP contribution is -2.12. The third-order valence-electron chi connectivity index (χ3n) is 3.31. The molecule has 96 valence electrons. The summed E-state index contributed by atoms with van der Waals surface area (Å²) < 4.78 is 3.66. The molecule has 0 saturated carbocycles. The third kappa shape index (κ3) is 2.39. The molecule has 0 bridgehead atoms. The van der Waals surface area contributed by atoms with Crippen LogP contribution in [-0.2, 0) is 6.42 Å². The maximum Gasteiger partial charge on any atom is 0.111 e. The van der Waals surface area contributed by atoms with Gasteiger partial charge in [-0.2, -0.15) is 11.8 Å². The molecule has 0 radical (unpaired) electrons. The van der Waals surface area contributed by atoms with Gasteiger partial charge in [-0.05, 0) is 53.0 Å². The lowest BCUT2D eigenvalue weighted by Gasteiger charge is -2.15. The number of rotatable bonds is 3. The van der Waals surface area contributed by atoms with Gasteiger partial charge in [-0.1, -0.05) is 0 Å². The summed E-state index contributed by atoms with van der Waals surface area (Å²) in [4.78, 5) is 4.77. The number of alkyl halides is 1. The number of nitrogens with zero attached hydrogens (tertiary/aromatic N) is 2. The molecule has 1 fully saturated rings. The van der Waals surface area contributed by atoms with Crippen LogP contribution in [0.3, 0.4) is 0 Å². The highest BCUT2D eigenvalue weighted by atomic mass is 127. The van der Waals surface area contributed by atoms with Crippen LogP contribution in [0.25, 0.3) is 11.0 Å². The zero-order chi connectivity index (χ0) is 12.5. The maximum absolute atomic E-state index is 5.91. The summed E-state index contributed by atoms with van der Waals surface area (Å²) in [7, 11) is 0. The fraction of sp³-hybridized carbons (Fsp3) is 0.462. The first-order valence-corrected chi connectivity index (χ1v) is 8.86. The minimum absolute atomic E-state index is 0.596. The summed E-state index contributed by atoms with van der Waals surface area (Å²) in [5, 5.41) is 0. The highest BCUT2D eigenvalue weighted by molar-refractivity contribution is 14.1. The van der Waals surface area contributed by atoms with Crippen molar-refractivity contribution in [3.63, 3.8) is 0 Å². The molecular formula is C13H14ClIN2S. The van der Waals surface area contributed by atoms with E-state index in [1.54, 1.807) is 0 Å². The van der Waals surface area contributed by atoms with Gasteiger partial charge in [-0.3, -0.25) is 0 Å². The molecule has 1 saturated heterocycles. The average Bonchev–Trinajstić information content (AvgIpc) is 2.95. The number of fused-ring (bicyclic) bond motifs is 1. The Balaban J connectivity index is 2.14. The van der Waals surface area contributed by atoms with Crippen LogP contribution >= 0.6 is 46.0 Å². The van der Waals surface area contributed by atoms with E-state index in [2.05, 4.69) is 45.4 Å². The van der Waals surface area contributed by atoms with E-state index in [0.29, 0.717) is 11.9 Å². The number of aryl methyl sites for hydroxylation is 1. The molecule has 5 heteroatoms. The van der Waals surface area contributed by atoms with Gasteiger partial charge in [0.1, 0.15) is 5.82 Å². The van der Waals surface area contributed by atoms with E-state index in [9.17, 15) is 0 Å². The van der Waals surface area contributed by atoms with Gasteiger partial charge < -0.3 is 4.57 Å². The molecular weight excluding hydrogens is 379 g/mol. The standard InChI is InChI=1S/C13H14ClIN2S/c14-5-3-13-16-11-7-9(15)1-2-12(11)17(13)10-4-6-18-8-10/h1-2,7,10H,3-6,8H2. The van der Waals surface area contributed by atoms with Crippen molar-refractivity contribution in [2.45, 2.75) is 18.9 Å². The van der Waals surface area contributed by atoms with Gasteiger partial charge in [-0.25, -0.2) is 4.98 Å². The van der Waals surface area contributed by atoms with Crippen molar-refractivity contribution in [1.82, 2.24) is 9.55 Å². The van der Waals surface area contributed by atoms with E-state index in [0.717, 1.165) is 17.8 Å². The minimum atomic E-state index is 0.596. The maximum atomic E-state index is 5.91. The second-order valence-electron chi connectivity index (χ2n) is 4.49. The summed E-state index contributed by atoms with van der Waals surface area (Å²) in [5.74, 6) is 4.25.